The molecule has 0 saturated heterocycles. The first-order valence-corrected chi connectivity index (χ1v) is 5.41. The van der Waals surface area contributed by atoms with Gasteiger partial charge in [-0.05, 0) is 29.7 Å². The fraction of sp³-hybridized carbons (Fsp3) is 0.538. The molecule has 1 N–H and O–H groups in total. The highest BCUT2D eigenvalue weighted by Gasteiger charge is 2.13. The molecule has 0 heterocycles. The summed E-state index contributed by atoms with van der Waals surface area (Å²) in [7, 11) is 4.08. The van der Waals surface area contributed by atoms with Crippen LogP contribution in [-0.4, -0.2) is 20.6 Å². The molecular formula is C13H22N2. The van der Waals surface area contributed by atoms with Crippen molar-refractivity contribution in [3.8, 4) is 0 Å². The molecule has 0 radical (unpaired) electrons. The highest BCUT2D eigenvalue weighted by Crippen LogP contribution is 2.21. The van der Waals surface area contributed by atoms with E-state index in [0.29, 0.717) is 5.41 Å². The molecule has 1 aromatic carbocycles. The van der Waals surface area contributed by atoms with Crippen LogP contribution in [0.25, 0.3) is 0 Å². The SMILES string of the molecule is CNc1ccc(N(C)CC(C)(C)C)cc1. The van der Waals surface area contributed by atoms with Crippen LogP contribution in [0.1, 0.15) is 20.8 Å². The third-order valence-electron chi connectivity index (χ3n) is 2.31. The third kappa shape index (κ3) is 3.82. The average molecular weight is 206 g/mol. The molecule has 0 aliphatic heterocycles. The lowest BCUT2D eigenvalue weighted by Gasteiger charge is -2.28. The van der Waals surface area contributed by atoms with Crippen molar-refractivity contribution in [1.82, 2.24) is 0 Å². The van der Waals surface area contributed by atoms with Gasteiger partial charge in [-0.3, -0.25) is 0 Å². The smallest absolute Gasteiger partial charge is 0.0365 e. The van der Waals surface area contributed by atoms with Crippen molar-refractivity contribution < 1.29 is 0 Å². The Kier molecular flexibility index (Phi) is 3.61. The Morgan fingerprint density at radius 2 is 1.67 bits per heavy atom. The summed E-state index contributed by atoms with van der Waals surface area (Å²) < 4.78 is 0. The van der Waals surface area contributed by atoms with E-state index in [0.717, 1.165) is 12.2 Å². The fourth-order valence-corrected chi connectivity index (χ4v) is 1.69. The lowest BCUT2D eigenvalue weighted by molar-refractivity contribution is 0.419. The van der Waals surface area contributed by atoms with Gasteiger partial charge in [0, 0.05) is 32.0 Å². The highest BCUT2D eigenvalue weighted by atomic mass is 15.1. The monoisotopic (exact) mass is 206 g/mol. The van der Waals surface area contributed by atoms with Crippen molar-refractivity contribution in [3.63, 3.8) is 0 Å². The van der Waals surface area contributed by atoms with Gasteiger partial charge in [-0.25, -0.2) is 0 Å². The number of hydrogen-bond donors (Lipinski definition) is 1. The summed E-state index contributed by atoms with van der Waals surface area (Å²) in [6.45, 7) is 7.83. The Hall–Kier alpha value is -1.18. The van der Waals surface area contributed by atoms with Crippen molar-refractivity contribution in [2.45, 2.75) is 20.8 Å². The maximum absolute atomic E-state index is 3.12. The molecule has 0 unspecified atom stereocenters. The predicted octanol–water partition coefficient (Wildman–Crippen LogP) is 3.21. The molecular weight excluding hydrogens is 184 g/mol. The zero-order valence-electron chi connectivity index (χ0n) is 10.5. The molecule has 2 heteroatoms. The predicted molar refractivity (Wildman–Crippen MR) is 68.7 cm³/mol. The molecule has 2 nitrogen and oxygen atoms in total. The Labute approximate surface area is 93.3 Å². The van der Waals surface area contributed by atoms with E-state index in [1.54, 1.807) is 0 Å². The maximum Gasteiger partial charge on any atom is 0.0365 e. The summed E-state index contributed by atoms with van der Waals surface area (Å²) >= 11 is 0. The lowest BCUT2D eigenvalue weighted by atomic mass is 9.96. The summed E-state index contributed by atoms with van der Waals surface area (Å²) in [5.41, 5.74) is 2.75. The number of nitrogens with zero attached hydrogens (tertiary/aromatic N) is 1. The van der Waals surface area contributed by atoms with Gasteiger partial charge in [0.2, 0.25) is 0 Å². The summed E-state index contributed by atoms with van der Waals surface area (Å²) in [6, 6.07) is 8.51. The minimum atomic E-state index is 0.330. The molecule has 1 rings (SSSR count). The first kappa shape index (κ1) is 11.9. The zero-order chi connectivity index (χ0) is 11.5. The van der Waals surface area contributed by atoms with Crippen molar-refractivity contribution in [2.24, 2.45) is 5.41 Å². The van der Waals surface area contributed by atoms with Gasteiger partial charge in [-0.1, -0.05) is 20.8 Å². The van der Waals surface area contributed by atoms with Gasteiger partial charge >= 0.3 is 0 Å². The van der Waals surface area contributed by atoms with Crippen molar-refractivity contribution in [3.05, 3.63) is 24.3 Å². The van der Waals surface area contributed by atoms with E-state index in [1.807, 2.05) is 7.05 Å². The van der Waals surface area contributed by atoms with Crippen LogP contribution >= 0.6 is 0 Å². The van der Waals surface area contributed by atoms with Crippen LogP contribution in [0.3, 0.4) is 0 Å². The van der Waals surface area contributed by atoms with Crippen LogP contribution in [0.4, 0.5) is 11.4 Å². The van der Waals surface area contributed by atoms with E-state index < -0.39 is 0 Å². The quantitative estimate of drug-likeness (QED) is 0.817. The van der Waals surface area contributed by atoms with E-state index in [2.05, 4.69) is 62.3 Å². The molecule has 1 aromatic rings. The second kappa shape index (κ2) is 4.56. The van der Waals surface area contributed by atoms with Crippen LogP contribution in [0.5, 0.6) is 0 Å². The molecule has 0 atom stereocenters. The molecule has 0 spiro atoms. The van der Waals surface area contributed by atoms with E-state index in [-0.39, 0.29) is 0 Å². The molecule has 0 aliphatic rings. The summed E-state index contributed by atoms with van der Waals surface area (Å²) in [5.74, 6) is 0. The second-order valence-corrected chi connectivity index (χ2v) is 5.21. The number of nitrogens with one attached hydrogen (secondary N) is 1. The van der Waals surface area contributed by atoms with Crippen molar-refractivity contribution >= 4 is 11.4 Å². The number of hydrogen-bond acceptors (Lipinski definition) is 2. The fourth-order valence-electron chi connectivity index (χ4n) is 1.69. The lowest BCUT2D eigenvalue weighted by Crippen LogP contribution is -2.28. The molecule has 84 valence electrons. The standard InChI is InChI=1S/C13H22N2/c1-13(2,3)10-15(5)12-8-6-11(14-4)7-9-12/h6-9,14H,10H2,1-5H3. The normalized spacial score (nSPS) is 11.3. The number of anilines is 2. The number of rotatable bonds is 3. The first-order valence-electron chi connectivity index (χ1n) is 5.41. The number of benzene rings is 1. The second-order valence-electron chi connectivity index (χ2n) is 5.21. The van der Waals surface area contributed by atoms with E-state index in [9.17, 15) is 0 Å². The third-order valence-corrected chi connectivity index (χ3v) is 2.31. The molecule has 15 heavy (non-hydrogen) atoms. The van der Waals surface area contributed by atoms with Crippen LogP contribution in [0, 0.1) is 5.41 Å². The van der Waals surface area contributed by atoms with Crippen LogP contribution in [0.15, 0.2) is 24.3 Å². The first-order chi connectivity index (χ1) is 6.92. The van der Waals surface area contributed by atoms with Gasteiger partial charge in [0.05, 0.1) is 0 Å². The Morgan fingerprint density at radius 3 is 2.07 bits per heavy atom. The Bertz CT molecular complexity index is 295. The van der Waals surface area contributed by atoms with Crippen molar-refractivity contribution in [2.75, 3.05) is 30.9 Å². The van der Waals surface area contributed by atoms with E-state index >= 15 is 0 Å². The van der Waals surface area contributed by atoms with Gasteiger partial charge in [0.15, 0.2) is 0 Å². The summed E-state index contributed by atoms with van der Waals surface area (Å²) in [6.07, 6.45) is 0. The molecule has 0 aromatic heterocycles. The summed E-state index contributed by atoms with van der Waals surface area (Å²) in [4.78, 5) is 2.29. The average Bonchev–Trinajstić information content (AvgIpc) is 2.15. The maximum atomic E-state index is 3.12. The van der Waals surface area contributed by atoms with Gasteiger partial charge in [-0.2, -0.15) is 0 Å². The van der Waals surface area contributed by atoms with Crippen molar-refractivity contribution in [1.29, 1.82) is 0 Å². The van der Waals surface area contributed by atoms with Crippen LogP contribution in [0.2, 0.25) is 0 Å². The van der Waals surface area contributed by atoms with Gasteiger partial charge in [0.25, 0.3) is 0 Å². The molecule has 0 aliphatic carbocycles. The van der Waals surface area contributed by atoms with Crippen LogP contribution in [-0.2, 0) is 0 Å². The Morgan fingerprint density at radius 1 is 1.13 bits per heavy atom. The minimum absolute atomic E-state index is 0.330. The van der Waals surface area contributed by atoms with Crippen LogP contribution < -0.4 is 10.2 Å². The van der Waals surface area contributed by atoms with E-state index in [1.165, 1.54) is 5.69 Å². The van der Waals surface area contributed by atoms with Gasteiger partial charge in [0.1, 0.15) is 0 Å². The zero-order valence-corrected chi connectivity index (χ0v) is 10.5. The van der Waals surface area contributed by atoms with Gasteiger partial charge in [-0.15, -0.1) is 0 Å². The van der Waals surface area contributed by atoms with Gasteiger partial charge < -0.3 is 10.2 Å². The minimum Gasteiger partial charge on any atom is -0.388 e. The highest BCUT2D eigenvalue weighted by molar-refractivity contribution is 5.54. The van der Waals surface area contributed by atoms with E-state index in [4.69, 9.17) is 0 Å². The molecule has 0 amide bonds. The molecule has 0 bridgehead atoms. The summed E-state index contributed by atoms with van der Waals surface area (Å²) in [5, 5.41) is 3.12. The largest absolute Gasteiger partial charge is 0.388 e. The Balaban J connectivity index is 2.70. The topological polar surface area (TPSA) is 15.3 Å². The molecule has 0 fully saturated rings. The molecule has 0 saturated carbocycles.